The summed E-state index contributed by atoms with van der Waals surface area (Å²) in [6.45, 7) is 1.77. The van der Waals surface area contributed by atoms with Crippen LogP contribution in [0.2, 0.25) is 0 Å². The Kier molecular flexibility index (Phi) is 2.95. The molecule has 1 saturated heterocycles. The maximum absolute atomic E-state index is 13.1. The largest absolute Gasteiger partial charge is 0.481 e. The van der Waals surface area contributed by atoms with Gasteiger partial charge in [0.25, 0.3) is 6.36 Å². The molecular weight excluding hydrogens is 242 g/mol. The Hall–Kier alpha value is -1.56. The van der Waals surface area contributed by atoms with Gasteiger partial charge in [0.2, 0.25) is 0 Å². The number of halogens is 2. The minimum absolute atomic E-state index is 0.104. The van der Waals surface area contributed by atoms with Gasteiger partial charge in [-0.05, 0) is 12.1 Å². The maximum Gasteiger partial charge on any atom is 0.272 e. The molecule has 0 N–H and O–H groups in total. The minimum Gasteiger partial charge on any atom is -0.481 e. The van der Waals surface area contributed by atoms with Crippen molar-refractivity contribution in [3.63, 3.8) is 0 Å². The lowest BCUT2D eigenvalue weighted by Gasteiger charge is -2.34. The number of fused-ring (bicyclic) bond motifs is 1. The van der Waals surface area contributed by atoms with E-state index in [1.54, 1.807) is 12.1 Å². The highest BCUT2D eigenvalue weighted by atomic mass is 19.2. The van der Waals surface area contributed by atoms with Gasteiger partial charge in [0.15, 0.2) is 18.1 Å². The van der Waals surface area contributed by atoms with Crippen LogP contribution in [0, 0.1) is 0 Å². The molecule has 1 aromatic carbocycles. The Labute approximate surface area is 104 Å². The smallest absolute Gasteiger partial charge is 0.272 e. The molecule has 2 aliphatic heterocycles. The average Bonchev–Trinajstić information content (AvgIpc) is 2.38. The normalized spacial score (nSPS) is 24.1. The van der Waals surface area contributed by atoms with Gasteiger partial charge < -0.3 is 14.4 Å². The zero-order valence-corrected chi connectivity index (χ0v) is 9.81. The predicted molar refractivity (Wildman–Crippen MR) is 62.4 cm³/mol. The minimum atomic E-state index is -1.42. The summed E-state index contributed by atoms with van der Waals surface area (Å²) in [5.41, 5.74) is 0.840. The first kappa shape index (κ1) is 11.5. The fourth-order valence-electron chi connectivity index (χ4n) is 2.23. The molecule has 0 bridgehead atoms. The SMILES string of the molecule is FC1COc2c(cccc2N2CCN(F)CC2)O1. The van der Waals surface area contributed by atoms with Crippen LogP contribution in [0.1, 0.15) is 0 Å². The molecule has 0 spiro atoms. The Balaban J connectivity index is 1.86. The highest BCUT2D eigenvalue weighted by Gasteiger charge is 2.26. The number of hydrogen-bond donors (Lipinski definition) is 0. The quantitative estimate of drug-likeness (QED) is 0.715. The van der Waals surface area contributed by atoms with Crippen LogP contribution in [-0.2, 0) is 0 Å². The number of alkyl halides is 1. The van der Waals surface area contributed by atoms with Gasteiger partial charge in [-0.25, -0.2) is 0 Å². The van der Waals surface area contributed by atoms with E-state index >= 15 is 0 Å². The molecule has 0 amide bonds. The fraction of sp³-hybridized carbons (Fsp3) is 0.500. The number of para-hydroxylation sites is 1. The van der Waals surface area contributed by atoms with Crippen LogP contribution in [-0.4, -0.2) is 44.3 Å². The molecule has 0 saturated carbocycles. The second kappa shape index (κ2) is 4.61. The molecule has 1 fully saturated rings. The topological polar surface area (TPSA) is 24.9 Å². The molecule has 98 valence electrons. The summed E-state index contributed by atoms with van der Waals surface area (Å²) in [5.74, 6) is 0.965. The first-order chi connectivity index (χ1) is 8.74. The lowest BCUT2D eigenvalue weighted by atomic mass is 10.2. The number of benzene rings is 1. The van der Waals surface area contributed by atoms with Gasteiger partial charge in [-0.3, -0.25) is 0 Å². The number of rotatable bonds is 1. The van der Waals surface area contributed by atoms with Crippen LogP contribution in [0.25, 0.3) is 0 Å². The second-order valence-corrected chi connectivity index (χ2v) is 4.34. The van der Waals surface area contributed by atoms with E-state index in [0.29, 0.717) is 37.7 Å². The summed E-state index contributed by atoms with van der Waals surface area (Å²) in [4.78, 5) is 2.02. The molecule has 4 nitrogen and oxygen atoms in total. The van der Waals surface area contributed by atoms with Crippen molar-refractivity contribution in [3.8, 4) is 11.5 Å². The van der Waals surface area contributed by atoms with E-state index in [9.17, 15) is 8.87 Å². The van der Waals surface area contributed by atoms with Gasteiger partial charge in [-0.2, -0.15) is 4.39 Å². The summed E-state index contributed by atoms with van der Waals surface area (Å²) < 4.78 is 36.5. The first-order valence-corrected chi connectivity index (χ1v) is 5.96. The van der Waals surface area contributed by atoms with Crippen LogP contribution in [0.3, 0.4) is 0 Å². The third kappa shape index (κ3) is 2.08. The predicted octanol–water partition coefficient (Wildman–Crippen LogP) is 1.76. The van der Waals surface area contributed by atoms with E-state index in [-0.39, 0.29) is 6.61 Å². The van der Waals surface area contributed by atoms with Gasteiger partial charge >= 0.3 is 0 Å². The van der Waals surface area contributed by atoms with Crippen molar-refractivity contribution in [1.82, 2.24) is 5.12 Å². The third-order valence-electron chi connectivity index (χ3n) is 3.14. The van der Waals surface area contributed by atoms with Crippen LogP contribution in [0.15, 0.2) is 18.2 Å². The molecule has 1 atom stereocenters. The van der Waals surface area contributed by atoms with Crippen molar-refractivity contribution in [3.05, 3.63) is 18.2 Å². The summed E-state index contributed by atoms with van der Waals surface area (Å²) in [6, 6.07) is 5.35. The highest BCUT2D eigenvalue weighted by Crippen LogP contribution is 2.40. The van der Waals surface area contributed by atoms with Gasteiger partial charge in [-0.15, -0.1) is 9.60 Å². The molecule has 2 heterocycles. The number of piperazine rings is 1. The van der Waals surface area contributed by atoms with E-state index in [4.69, 9.17) is 9.47 Å². The molecule has 1 unspecified atom stereocenters. The molecule has 0 radical (unpaired) electrons. The van der Waals surface area contributed by atoms with E-state index < -0.39 is 6.36 Å². The monoisotopic (exact) mass is 256 g/mol. The first-order valence-electron chi connectivity index (χ1n) is 5.96. The second-order valence-electron chi connectivity index (χ2n) is 4.34. The van der Waals surface area contributed by atoms with Crippen molar-refractivity contribution >= 4 is 5.69 Å². The van der Waals surface area contributed by atoms with Crippen LogP contribution < -0.4 is 14.4 Å². The van der Waals surface area contributed by atoms with Crippen molar-refractivity contribution in [2.75, 3.05) is 37.7 Å². The Morgan fingerprint density at radius 2 is 1.94 bits per heavy atom. The molecule has 3 rings (SSSR count). The number of anilines is 1. The van der Waals surface area contributed by atoms with Gasteiger partial charge in [0.1, 0.15) is 0 Å². The third-order valence-corrected chi connectivity index (χ3v) is 3.14. The van der Waals surface area contributed by atoms with E-state index in [1.165, 1.54) is 0 Å². The van der Waals surface area contributed by atoms with Crippen LogP contribution in [0.5, 0.6) is 11.5 Å². The lowest BCUT2D eigenvalue weighted by molar-refractivity contribution is -0.00309. The molecule has 0 aliphatic carbocycles. The van der Waals surface area contributed by atoms with Gasteiger partial charge in [-0.1, -0.05) is 6.07 Å². The molecule has 0 aromatic heterocycles. The van der Waals surface area contributed by atoms with E-state index in [1.807, 2.05) is 11.0 Å². The van der Waals surface area contributed by atoms with Crippen molar-refractivity contribution in [2.24, 2.45) is 0 Å². The molecule has 6 heteroatoms. The zero-order valence-electron chi connectivity index (χ0n) is 9.81. The van der Waals surface area contributed by atoms with E-state index in [2.05, 4.69) is 0 Å². The van der Waals surface area contributed by atoms with Crippen LogP contribution in [0.4, 0.5) is 14.6 Å². The molecule has 1 aromatic rings. The number of hydrogen-bond acceptors (Lipinski definition) is 4. The number of ether oxygens (including phenoxy) is 2. The summed E-state index contributed by atoms with van der Waals surface area (Å²) >= 11 is 0. The molecule has 18 heavy (non-hydrogen) atoms. The molecular formula is C12H14F2N2O2. The molecule has 2 aliphatic rings. The average molecular weight is 256 g/mol. The Bertz CT molecular complexity index is 436. The standard InChI is InChI=1S/C12H14F2N2O2/c13-11-8-17-12-9(2-1-3-10(12)18-11)15-4-6-16(14)7-5-15/h1-3,11H,4-8H2. The highest BCUT2D eigenvalue weighted by molar-refractivity contribution is 5.65. The lowest BCUT2D eigenvalue weighted by Crippen LogP contribution is -2.43. The van der Waals surface area contributed by atoms with E-state index in [0.717, 1.165) is 10.8 Å². The Morgan fingerprint density at radius 1 is 1.17 bits per heavy atom. The van der Waals surface area contributed by atoms with Crippen molar-refractivity contribution < 1.29 is 18.3 Å². The van der Waals surface area contributed by atoms with Crippen molar-refractivity contribution in [2.45, 2.75) is 6.36 Å². The number of nitrogens with zero attached hydrogens (tertiary/aromatic N) is 2. The summed E-state index contributed by atoms with van der Waals surface area (Å²) in [5, 5.41) is 0.792. The zero-order chi connectivity index (χ0) is 12.5. The van der Waals surface area contributed by atoms with Crippen LogP contribution >= 0.6 is 0 Å². The van der Waals surface area contributed by atoms with Crippen molar-refractivity contribution in [1.29, 1.82) is 0 Å². The fourth-order valence-corrected chi connectivity index (χ4v) is 2.23. The summed E-state index contributed by atoms with van der Waals surface area (Å²) in [6.07, 6.45) is -1.42. The summed E-state index contributed by atoms with van der Waals surface area (Å²) in [7, 11) is 0. The maximum atomic E-state index is 13.1. The van der Waals surface area contributed by atoms with Gasteiger partial charge in [0.05, 0.1) is 5.69 Å². The Morgan fingerprint density at radius 3 is 2.72 bits per heavy atom. The van der Waals surface area contributed by atoms with Gasteiger partial charge in [0, 0.05) is 26.2 Å².